The fourth-order valence-corrected chi connectivity index (χ4v) is 2.32. The molecule has 3 N–H and O–H groups in total. The highest BCUT2D eigenvalue weighted by molar-refractivity contribution is 5.32. The van der Waals surface area contributed by atoms with Gasteiger partial charge in [0.05, 0.1) is 0 Å². The molecule has 1 rings (SSSR count). The molecule has 1 unspecified atom stereocenters. The number of nitrogens with two attached hydrogens (primary N) is 1. The van der Waals surface area contributed by atoms with Crippen LogP contribution in [0.3, 0.4) is 0 Å². The molecule has 0 heterocycles. The highest BCUT2D eigenvalue weighted by Gasteiger charge is 2.13. The molecule has 0 aliphatic carbocycles. The minimum atomic E-state index is 0.241. The van der Waals surface area contributed by atoms with E-state index < -0.39 is 0 Å². The predicted molar refractivity (Wildman–Crippen MR) is 78.4 cm³/mol. The summed E-state index contributed by atoms with van der Waals surface area (Å²) in [4.78, 5) is 2.43. The van der Waals surface area contributed by atoms with E-state index >= 15 is 0 Å². The molecule has 1 aromatic carbocycles. The lowest BCUT2D eigenvalue weighted by atomic mass is 9.97. The second kappa shape index (κ2) is 7.52. The molecular weight excluding hydrogens is 222 g/mol. The number of hydrogen-bond acceptors (Lipinski definition) is 3. The Morgan fingerprint density at radius 1 is 1.22 bits per heavy atom. The number of hydrazine groups is 1. The maximum atomic E-state index is 5.72. The minimum absolute atomic E-state index is 0.241. The van der Waals surface area contributed by atoms with E-state index in [2.05, 4.69) is 56.2 Å². The van der Waals surface area contributed by atoms with Crippen LogP contribution in [0.4, 0.5) is 0 Å². The highest BCUT2D eigenvalue weighted by Crippen LogP contribution is 2.21. The van der Waals surface area contributed by atoms with Gasteiger partial charge in [0, 0.05) is 6.04 Å². The lowest BCUT2D eigenvalue weighted by Gasteiger charge is -2.24. The largest absolute Gasteiger partial charge is 0.304 e. The average molecular weight is 249 g/mol. The first kappa shape index (κ1) is 15.2. The Kier molecular flexibility index (Phi) is 6.33. The van der Waals surface area contributed by atoms with Crippen LogP contribution in [0.25, 0.3) is 0 Å². The third-order valence-corrected chi connectivity index (χ3v) is 3.64. The molecule has 0 amide bonds. The van der Waals surface area contributed by atoms with Crippen LogP contribution in [-0.4, -0.2) is 24.5 Å². The summed E-state index contributed by atoms with van der Waals surface area (Å²) in [6.07, 6.45) is 1.04. The van der Waals surface area contributed by atoms with Gasteiger partial charge in [-0.2, -0.15) is 0 Å². The first-order chi connectivity index (χ1) is 8.62. The second-order valence-electron chi connectivity index (χ2n) is 4.89. The maximum Gasteiger partial charge on any atom is 0.0474 e. The number of nitrogens with one attached hydrogen (secondary N) is 1. The van der Waals surface area contributed by atoms with Gasteiger partial charge in [0.15, 0.2) is 0 Å². The zero-order valence-electron chi connectivity index (χ0n) is 12.2. The summed E-state index contributed by atoms with van der Waals surface area (Å²) >= 11 is 0. The summed E-state index contributed by atoms with van der Waals surface area (Å²) in [5.41, 5.74) is 6.89. The lowest BCUT2D eigenvalue weighted by molar-refractivity contribution is 0.282. The second-order valence-corrected chi connectivity index (χ2v) is 4.89. The SMILES string of the molecule is CCN(CC)CCC(NN)c1cc(C)ccc1C. The smallest absolute Gasteiger partial charge is 0.0474 e. The van der Waals surface area contributed by atoms with Gasteiger partial charge in [-0.05, 0) is 51.0 Å². The van der Waals surface area contributed by atoms with E-state index in [1.54, 1.807) is 0 Å². The van der Waals surface area contributed by atoms with Crippen molar-refractivity contribution in [3.63, 3.8) is 0 Å². The van der Waals surface area contributed by atoms with Crippen molar-refractivity contribution in [1.82, 2.24) is 10.3 Å². The van der Waals surface area contributed by atoms with Crippen LogP contribution in [0.1, 0.15) is 43.0 Å². The molecule has 3 heteroatoms. The van der Waals surface area contributed by atoms with Crippen molar-refractivity contribution in [2.45, 2.75) is 40.2 Å². The van der Waals surface area contributed by atoms with Crippen LogP contribution in [0, 0.1) is 13.8 Å². The summed E-state index contributed by atoms with van der Waals surface area (Å²) in [5, 5.41) is 0. The van der Waals surface area contributed by atoms with Crippen LogP contribution < -0.4 is 11.3 Å². The minimum Gasteiger partial charge on any atom is -0.304 e. The zero-order valence-corrected chi connectivity index (χ0v) is 12.2. The molecule has 0 saturated heterocycles. The summed E-state index contributed by atoms with van der Waals surface area (Å²) in [6, 6.07) is 6.80. The highest BCUT2D eigenvalue weighted by atomic mass is 15.2. The molecule has 0 spiro atoms. The predicted octanol–water partition coefficient (Wildman–Crippen LogP) is 2.54. The number of aryl methyl sites for hydroxylation is 2. The Balaban J connectivity index is 2.73. The summed E-state index contributed by atoms with van der Waals surface area (Å²) in [7, 11) is 0. The van der Waals surface area contributed by atoms with E-state index in [1.165, 1.54) is 16.7 Å². The molecule has 0 bridgehead atoms. The zero-order chi connectivity index (χ0) is 13.5. The monoisotopic (exact) mass is 249 g/mol. The van der Waals surface area contributed by atoms with E-state index in [0.717, 1.165) is 26.1 Å². The molecule has 102 valence electrons. The van der Waals surface area contributed by atoms with Crippen molar-refractivity contribution in [3.8, 4) is 0 Å². The van der Waals surface area contributed by atoms with E-state index in [4.69, 9.17) is 5.84 Å². The molecule has 0 aromatic heterocycles. The topological polar surface area (TPSA) is 41.3 Å². The van der Waals surface area contributed by atoms with Crippen molar-refractivity contribution in [3.05, 3.63) is 34.9 Å². The van der Waals surface area contributed by atoms with Crippen LogP contribution >= 0.6 is 0 Å². The molecule has 3 nitrogen and oxygen atoms in total. The quantitative estimate of drug-likeness (QED) is 0.576. The van der Waals surface area contributed by atoms with E-state index in [1.807, 2.05) is 0 Å². The number of rotatable bonds is 7. The molecule has 0 aliphatic rings. The van der Waals surface area contributed by atoms with Gasteiger partial charge < -0.3 is 4.90 Å². The van der Waals surface area contributed by atoms with Gasteiger partial charge in [0.2, 0.25) is 0 Å². The molecule has 0 saturated carbocycles. The standard InChI is InChI=1S/C15H27N3/c1-5-18(6-2)10-9-15(17-16)14-11-12(3)7-8-13(14)4/h7-8,11,15,17H,5-6,9-10,16H2,1-4H3. The van der Waals surface area contributed by atoms with Crippen molar-refractivity contribution in [2.24, 2.45) is 5.84 Å². The first-order valence-electron chi connectivity index (χ1n) is 6.88. The van der Waals surface area contributed by atoms with E-state index in [9.17, 15) is 0 Å². The molecule has 1 aromatic rings. The third-order valence-electron chi connectivity index (χ3n) is 3.64. The Morgan fingerprint density at radius 3 is 2.44 bits per heavy atom. The normalized spacial score (nSPS) is 13.0. The Bertz CT molecular complexity index is 359. The van der Waals surface area contributed by atoms with Crippen molar-refractivity contribution >= 4 is 0 Å². The van der Waals surface area contributed by atoms with E-state index in [0.29, 0.717) is 0 Å². The van der Waals surface area contributed by atoms with Crippen LogP contribution in [-0.2, 0) is 0 Å². The number of hydrogen-bond donors (Lipinski definition) is 2. The van der Waals surface area contributed by atoms with Crippen LogP contribution in [0.2, 0.25) is 0 Å². The number of nitrogens with zero attached hydrogens (tertiary/aromatic N) is 1. The van der Waals surface area contributed by atoms with Crippen molar-refractivity contribution < 1.29 is 0 Å². The third kappa shape index (κ3) is 4.09. The molecule has 0 fully saturated rings. The van der Waals surface area contributed by atoms with Gasteiger partial charge in [-0.3, -0.25) is 11.3 Å². The van der Waals surface area contributed by atoms with Gasteiger partial charge in [-0.25, -0.2) is 0 Å². The molecular formula is C15H27N3. The van der Waals surface area contributed by atoms with Gasteiger partial charge in [0.1, 0.15) is 0 Å². The average Bonchev–Trinajstić information content (AvgIpc) is 2.38. The molecule has 0 radical (unpaired) electrons. The first-order valence-corrected chi connectivity index (χ1v) is 6.88. The Morgan fingerprint density at radius 2 is 1.89 bits per heavy atom. The number of benzene rings is 1. The maximum absolute atomic E-state index is 5.72. The fraction of sp³-hybridized carbons (Fsp3) is 0.600. The summed E-state index contributed by atoms with van der Waals surface area (Å²) in [6.45, 7) is 12.0. The van der Waals surface area contributed by atoms with Crippen molar-refractivity contribution in [1.29, 1.82) is 0 Å². The lowest BCUT2D eigenvalue weighted by Crippen LogP contribution is -2.33. The van der Waals surface area contributed by atoms with Gasteiger partial charge in [0.25, 0.3) is 0 Å². The fourth-order valence-electron chi connectivity index (χ4n) is 2.32. The van der Waals surface area contributed by atoms with Crippen molar-refractivity contribution in [2.75, 3.05) is 19.6 Å². The molecule has 1 atom stereocenters. The Labute approximate surface area is 111 Å². The molecule has 0 aliphatic heterocycles. The van der Waals surface area contributed by atoms with E-state index in [-0.39, 0.29) is 6.04 Å². The van der Waals surface area contributed by atoms with Gasteiger partial charge in [-0.15, -0.1) is 0 Å². The van der Waals surface area contributed by atoms with Gasteiger partial charge in [-0.1, -0.05) is 37.6 Å². The van der Waals surface area contributed by atoms with Crippen LogP contribution in [0.5, 0.6) is 0 Å². The van der Waals surface area contributed by atoms with Gasteiger partial charge >= 0.3 is 0 Å². The molecule has 18 heavy (non-hydrogen) atoms. The summed E-state index contributed by atoms with van der Waals surface area (Å²) in [5.74, 6) is 5.72. The summed E-state index contributed by atoms with van der Waals surface area (Å²) < 4.78 is 0. The Hall–Kier alpha value is -0.900. The van der Waals surface area contributed by atoms with Crippen LogP contribution in [0.15, 0.2) is 18.2 Å².